The molecule has 0 aliphatic heterocycles. The van der Waals surface area contributed by atoms with Gasteiger partial charge < -0.3 is 10.7 Å². The highest BCUT2D eigenvalue weighted by Gasteiger charge is 2.04. The molecule has 4 N–H and O–H groups in total. The van der Waals surface area contributed by atoms with E-state index >= 15 is 0 Å². The van der Waals surface area contributed by atoms with Gasteiger partial charge in [-0.25, -0.2) is 15.8 Å². The van der Waals surface area contributed by atoms with Gasteiger partial charge in [0.25, 0.3) is 0 Å². The zero-order valence-corrected chi connectivity index (χ0v) is 10.9. The second kappa shape index (κ2) is 5.20. The number of benzene rings is 1. The highest BCUT2D eigenvalue weighted by molar-refractivity contribution is 6.30. The monoisotopic (exact) mass is 263 g/mol. The summed E-state index contributed by atoms with van der Waals surface area (Å²) >= 11 is 5.97. The summed E-state index contributed by atoms with van der Waals surface area (Å²) in [6.07, 6.45) is 0. The number of halogens is 1. The first kappa shape index (κ1) is 12.6. The van der Waals surface area contributed by atoms with E-state index in [0.29, 0.717) is 22.5 Å². The van der Waals surface area contributed by atoms with Crippen LogP contribution in [0.4, 0.5) is 17.3 Å². The van der Waals surface area contributed by atoms with Gasteiger partial charge in [0.2, 0.25) is 0 Å². The lowest BCUT2D eigenvalue weighted by Gasteiger charge is -2.10. The second-order valence-electron chi connectivity index (χ2n) is 3.91. The summed E-state index contributed by atoms with van der Waals surface area (Å²) < 4.78 is 0. The number of hydrogen-bond acceptors (Lipinski definition) is 5. The first-order valence-corrected chi connectivity index (χ1v) is 5.82. The minimum Gasteiger partial charge on any atom is -0.340 e. The van der Waals surface area contributed by atoms with Crippen LogP contribution in [0.1, 0.15) is 11.4 Å². The number of nitrogens with zero attached hydrogens (tertiary/aromatic N) is 2. The number of nitrogens with one attached hydrogen (secondary N) is 2. The summed E-state index contributed by atoms with van der Waals surface area (Å²) in [6.45, 7) is 3.80. The molecule has 5 nitrogen and oxygen atoms in total. The highest BCUT2D eigenvalue weighted by atomic mass is 35.5. The van der Waals surface area contributed by atoms with Crippen molar-refractivity contribution in [1.29, 1.82) is 0 Å². The minimum absolute atomic E-state index is 0.560. The molecule has 94 valence electrons. The van der Waals surface area contributed by atoms with E-state index < -0.39 is 0 Å². The Bertz CT molecular complexity index is 570. The van der Waals surface area contributed by atoms with Gasteiger partial charge in [-0.15, -0.1) is 0 Å². The molecule has 0 radical (unpaired) electrons. The molecule has 0 unspecified atom stereocenters. The van der Waals surface area contributed by atoms with Crippen molar-refractivity contribution in [2.24, 2.45) is 5.84 Å². The fourth-order valence-electron chi connectivity index (χ4n) is 1.57. The maximum absolute atomic E-state index is 5.97. The SMILES string of the molecule is Cc1nc(NN)cc(Nc2cc(Cl)ccc2C)n1. The normalized spacial score (nSPS) is 10.2. The predicted molar refractivity (Wildman–Crippen MR) is 74.1 cm³/mol. The van der Waals surface area contributed by atoms with Crippen LogP contribution < -0.4 is 16.6 Å². The Morgan fingerprint density at radius 2 is 1.83 bits per heavy atom. The lowest BCUT2D eigenvalue weighted by molar-refractivity contribution is 1.05. The van der Waals surface area contributed by atoms with Crippen molar-refractivity contribution in [3.63, 3.8) is 0 Å². The van der Waals surface area contributed by atoms with Gasteiger partial charge in [-0.3, -0.25) is 0 Å². The number of nitrogen functional groups attached to an aromatic ring is 1. The van der Waals surface area contributed by atoms with Gasteiger partial charge in [-0.1, -0.05) is 17.7 Å². The molecule has 18 heavy (non-hydrogen) atoms. The van der Waals surface area contributed by atoms with Crippen LogP contribution in [0, 0.1) is 13.8 Å². The van der Waals surface area contributed by atoms with E-state index in [9.17, 15) is 0 Å². The third-order valence-corrected chi connectivity index (χ3v) is 2.68. The molecule has 6 heteroatoms. The molecule has 1 heterocycles. The van der Waals surface area contributed by atoms with E-state index in [2.05, 4.69) is 20.7 Å². The average Bonchev–Trinajstić information content (AvgIpc) is 2.33. The minimum atomic E-state index is 0.560. The number of hydrazine groups is 1. The molecule has 2 aromatic rings. The first-order chi connectivity index (χ1) is 8.58. The Morgan fingerprint density at radius 1 is 1.11 bits per heavy atom. The fraction of sp³-hybridized carbons (Fsp3) is 0.167. The molecule has 2 rings (SSSR count). The second-order valence-corrected chi connectivity index (χ2v) is 4.35. The average molecular weight is 264 g/mol. The molecule has 1 aromatic heterocycles. The maximum atomic E-state index is 5.97. The number of aromatic nitrogens is 2. The van der Waals surface area contributed by atoms with E-state index in [1.807, 2.05) is 25.1 Å². The van der Waals surface area contributed by atoms with Crippen molar-refractivity contribution in [1.82, 2.24) is 9.97 Å². The van der Waals surface area contributed by atoms with Crippen molar-refractivity contribution in [3.05, 3.63) is 40.7 Å². The van der Waals surface area contributed by atoms with Gasteiger partial charge in [0.1, 0.15) is 17.5 Å². The maximum Gasteiger partial charge on any atom is 0.145 e. The van der Waals surface area contributed by atoms with Crippen LogP contribution in [0.3, 0.4) is 0 Å². The van der Waals surface area contributed by atoms with Crippen molar-refractivity contribution >= 4 is 28.9 Å². The van der Waals surface area contributed by atoms with E-state index in [0.717, 1.165) is 11.3 Å². The van der Waals surface area contributed by atoms with Crippen LogP contribution in [0.5, 0.6) is 0 Å². The number of nitrogens with two attached hydrogens (primary N) is 1. The quantitative estimate of drug-likeness (QED) is 0.586. The Labute approximate surface area is 110 Å². The van der Waals surface area contributed by atoms with Crippen LogP contribution in [-0.2, 0) is 0 Å². The van der Waals surface area contributed by atoms with Crippen LogP contribution in [0.15, 0.2) is 24.3 Å². The molecular weight excluding hydrogens is 250 g/mol. The van der Waals surface area contributed by atoms with Crippen molar-refractivity contribution in [3.8, 4) is 0 Å². The zero-order chi connectivity index (χ0) is 13.1. The van der Waals surface area contributed by atoms with Gasteiger partial charge in [0.15, 0.2) is 0 Å². The molecule has 0 fully saturated rings. The Hall–Kier alpha value is -1.85. The fourth-order valence-corrected chi connectivity index (χ4v) is 1.74. The van der Waals surface area contributed by atoms with Crippen LogP contribution in [0.25, 0.3) is 0 Å². The summed E-state index contributed by atoms with van der Waals surface area (Å²) in [5.41, 5.74) is 4.49. The molecule has 0 amide bonds. The molecule has 0 spiro atoms. The van der Waals surface area contributed by atoms with Gasteiger partial charge in [-0.2, -0.15) is 0 Å². The van der Waals surface area contributed by atoms with Gasteiger partial charge in [0.05, 0.1) is 0 Å². The number of rotatable bonds is 3. The van der Waals surface area contributed by atoms with E-state index in [1.54, 1.807) is 13.0 Å². The lowest BCUT2D eigenvalue weighted by atomic mass is 10.2. The molecule has 0 atom stereocenters. The smallest absolute Gasteiger partial charge is 0.145 e. The Balaban J connectivity index is 2.33. The summed E-state index contributed by atoms with van der Waals surface area (Å²) in [6, 6.07) is 7.37. The van der Waals surface area contributed by atoms with Crippen molar-refractivity contribution < 1.29 is 0 Å². The summed E-state index contributed by atoms with van der Waals surface area (Å²) in [5.74, 6) is 7.21. The largest absolute Gasteiger partial charge is 0.340 e. The van der Waals surface area contributed by atoms with Gasteiger partial charge in [-0.05, 0) is 31.5 Å². The lowest BCUT2D eigenvalue weighted by Crippen LogP contribution is -2.10. The summed E-state index contributed by atoms with van der Waals surface area (Å²) in [7, 11) is 0. The third kappa shape index (κ3) is 2.88. The van der Waals surface area contributed by atoms with Gasteiger partial charge >= 0.3 is 0 Å². The standard InChI is InChI=1S/C12H14ClN5/c1-7-3-4-9(13)5-10(7)17-11-6-12(18-14)16-8(2)15-11/h3-6H,14H2,1-2H3,(H2,15,16,17,18). The molecule has 0 saturated heterocycles. The van der Waals surface area contributed by atoms with E-state index in [4.69, 9.17) is 17.4 Å². The first-order valence-electron chi connectivity index (χ1n) is 5.44. The highest BCUT2D eigenvalue weighted by Crippen LogP contribution is 2.24. The Morgan fingerprint density at radius 3 is 2.56 bits per heavy atom. The number of anilines is 3. The Kier molecular flexibility index (Phi) is 3.64. The van der Waals surface area contributed by atoms with Crippen molar-refractivity contribution in [2.75, 3.05) is 10.7 Å². The number of hydrogen-bond donors (Lipinski definition) is 3. The van der Waals surface area contributed by atoms with Crippen molar-refractivity contribution in [2.45, 2.75) is 13.8 Å². The zero-order valence-electron chi connectivity index (χ0n) is 10.2. The molecule has 0 aliphatic rings. The predicted octanol–water partition coefficient (Wildman–Crippen LogP) is 2.78. The summed E-state index contributed by atoms with van der Waals surface area (Å²) in [4.78, 5) is 8.41. The number of aryl methyl sites for hydroxylation is 2. The van der Waals surface area contributed by atoms with Crippen LogP contribution in [0.2, 0.25) is 5.02 Å². The third-order valence-electron chi connectivity index (χ3n) is 2.45. The molecular formula is C12H14ClN5. The van der Waals surface area contributed by atoms with E-state index in [1.165, 1.54) is 0 Å². The van der Waals surface area contributed by atoms with Crippen LogP contribution in [-0.4, -0.2) is 9.97 Å². The molecule has 0 saturated carbocycles. The van der Waals surface area contributed by atoms with Crippen LogP contribution >= 0.6 is 11.6 Å². The topological polar surface area (TPSA) is 75.9 Å². The van der Waals surface area contributed by atoms with Gasteiger partial charge in [0, 0.05) is 16.8 Å². The summed E-state index contributed by atoms with van der Waals surface area (Å²) in [5, 5.41) is 3.87. The molecule has 0 bridgehead atoms. The molecule has 1 aromatic carbocycles. The molecule has 0 aliphatic carbocycles. The van der Waals surface area contributed by atoms with E-state index in [-0.39, 0.29) is 0 Å².